The number of hydrazine groups is 1. The number of carbonyl (C=O) groups excluding carboxylic acids is 1. The molecule has 0 aliphatic carbocycles. The molecule has 0 heterocycles. The summed E-state index contributed by atoms with van der Waals surface area (Å²) >= 11 is 7.31. The van der Waals surface area contributed by atoms with Crippen molar-refractivity contribution in [3.05, 3.63) is 69.2 Å². The third-order valence-electron chi connectivity index (χ3n) is 2.83. The van der Waals surface area contributed by atoms with Crippen molar-refractivity contribution in [1.29, 1.82) is 0 Å². The van der Waals surface area contributed by atoms with E-state index in [2.05, 4.69) is 10.9 Å². The van der Waals surface area contributed by atoms with Crippen LogP contribution in [0.3, 0.4) is 0 Å². The molecule has 0 aliphatic heterocycles. The summed E-state index contributed by atoms with van der Waals surface area (Å²) in [7, 11) is 0. The number of hydrogen-bond donors (Lipinski definition) is 2. The third kappa shape index (κ3) is 5.46. The summed E-state index contributed by atoms with van der Waals surface area (Å²) in [5, 5.41) is 11.5. The van der Waals surface area contributed by atoms with E-state index in [-0.39, 0.29) is 23.0 Å². The summed E-state index contributed by atoms with van der Waals surface area (Å²) in [5.41, 5.74) is 6.20. The third-order valence-corrected chi connectivity index (χ3v) is 4.07. The van der Waals surface area contributed by atoms with Gasteiger partial charge in [0.1, 0.15) is 5.69 Å². The normalized spacial score (nSPS) is 10.1. The monoisotopic (exact) mass is 351 g/mol. The molecule has 2 N–H and O–H groups in total. The van der Waals surface area contributed by atoms with Crippen molar-refractivity contribution in [2.24, 2.45) is 0 Å². The molecule has 0 fully saturated rings. The number of thioether (sulfide) groups is 1. The van der Waals surface area contributed by atoms with Gasteiger partial charge in [0.25, 0.3) is 5.69 Å². The van der Waals surface area contributed by atoms with Crippen LogP contribution in [0.4, 0.5) is 11.4 Å². The number of nitro groups is 1. The standard InChI is InChI=1S/C15H14ClN3O3S/c16-12-5-3-4-11(8-12)9-23-10-15(20)18-17-13-6-1-2-7-14(13)19(21)22/h1-8,17H,9-10H2,(H,18,20). The van der Waals surface area contributed by atoms with E-state index in [1.807, 2.05) is 18.2 Å². The second-order valence-corrected chi connectivity index (χ2v) is 5.99. The first-order chi connectivity index (χ1) is 11.1. The molecule has 120 valence electrons. The van der Waals surface area contributed by atoms with Crippen LogP contribution in [0.1, 0.15) is 5.56 Å². The van der Waals surface area contributed by atoms with Gasteiger partial charge in [0.15, 0.2) is 0 Å². The van der Waals surface area contributed by atoms with E-state index in [0.717, 1.165) is 5.56 Å². The topological polar surface area (TPSA) is 84.3 Å². The zero-order valence-corrected chi connectivity index (χ0v) is 13.6. The van der Waals surface area contributed by atoms with Crippen LogP contribution >= 0.6 is 23.4 Å². The highest BCUT2D eigenvalue weighted by Crippen LogP contribution is 2.22. The molecule has 0 bridgehead atoms. The number of nitro benzene ring substituents is 1. The number of nitrogens with one attached hydrogen (secondary N) is 2. The van der Waals surface area contributed by atoms with E-state index in [1.54, 1.807) is 18.2 Å². The number of nitrogens with zero attached hydrogens (tertiary/aromatic N) is 1. The molecule has 0 spiro atoms. The fourth-order valence-electron chi connectivity index (χ4n) is 1.80. The van der Waals surface area contributed by atoms with Gasteiger partial charge in [-0.15, -0.1) is 11.8 Å². The average Bonchev–Trinajstić information content (AvgIpc) is 2.53. The van der Waals surface area contributed by atoms with Crippen LogP contribution in [-0.2, 0) is 10.5 Å². The van der Waals surface area contributed by atoms with Gasteiger partial charge < -0.3 is 0 Å². The van der Waals surface area contributed by atoms with E-state index in [0.29, 0.717) is 10.8 Å². The Balaban J connectivity index is 1.78. The Morgan fingerprint density at radius 1 is 1.22 bits per heavy atom. The Morgan fingerprint density at radius 3 is 2.74 bits per heavy atom. The van der Waals surface area contributed by atoms with E-state index >= 15 is 0 Å². The maximum absolute atomic E-state index is 11.8. The van der Waals surface area contributed by atoms with Crippen molar-refractivity contribution in [2.45, 2.75) is 5.75 Å². The number of carbonyl (C=O) groups is 1. The first-order valence-electron chi connectivity index (χ1n) is 6.67. The zero-order valence-electron chi connectivity index (χ0n) is 12.0. The Labute approximate surface area is 142 Å². The van der Waals surface area contributed by atoms with Crippen LogP contribution in [0, 0.1) is 10.1 Å². The second kappa shape index (κ2) is 8.40. The van der Waals surface area contributed by atoms with Crippen LogP contribution in [0.2, 0.25) is 5.02 Å². The Hall–Kier alpha value is -2.25. The van der Waals surface area contributed by atoms with Crippen molar-refractivity contribution in [1.82, 2.24) is 5.43 Å². The van der Waals surface area contributed by atoms with Gasteiger partial charge in [-0.05, 0) is 23.8 Å². The molecule has 1 amide bonds. The molecular weight excluding hydrogens is 338 g/mol. The van der Waals surface area contributed by atoms with Crippen molar-refractivity contribution >= 4 is 40.6 Å². The zero-order chi connectivity index (χ0) is 16.7. The summed E-state index contributed by atoms with van der Waals surface area (Å²) < 4.78 is 0. The van der Waals surface area contributed by atoms with Gasteiger partial charge in [-0.1, -0.05) is 35.9 Å². The minimum Gasteiger partial charge on any atom is -0.292 e. The van der Waals surface area contributed by atoms with E-state index in [9.17, 15) is 14.9 Å². The summed E-state index contributed by atoms with van der Waals surface area (Å²) in [5.74, 6) is 0.606. The van der Waals surface area contributed by atoms with Gasteiger partial charge in [-0.3, -0.25) is 25.8 Å². The highest BCUT2D eigenvalue weighted by molar-refractivity contribution is 7.99. The molecule has 0 radical (unpaired) electrons. The van der Waals surface area contributed by atoms with E-state index in [4.69, 9.17) is 11.6 Å². The Morgan fingerprint density at radius 2 is 2.00 bits per heavy atom. The summed E-state index contributed by atoms with van der Waals surface area (Å²) in [6, 6.07) is 13.5. The maximum Gasteiger partial charge on any atom is 0.294 e. The number of rotatable bonds is 7. The van der Waals surface area contributed by atoms with Crippen molar-refractivity contribution in [3.8, 4) is 0 Å². The minimum absolute atomic E-state index is 0.0978. The molecule has 23 heavy (non-hydrogen) atoms. The Bertz CT molecular complexity index is 712. The van der Waals surface area contributed by atoms with Gasteiger partial charge >= 0.3 is 0 Å². The van der Waals surface area contributed by atoms with Crippen LogP contribution in [0.5, 0.6) is 0 Å². The van der Waals surface area contributed by atoms with Crippen LogP contribution in [0.25, 0.3) is 0 Å². The lowest BCUT2D eigenvalue weighted by atomic mass is 10.2. The predicted octanol–water partition coefficient (Wildman–Crippen LogP) is 3.62. The highest BCUT2D eigenvalue weighted by Gasteiger charge is 2.12. The number of hydrogen-bond acceptors (Lipinski definition) is 5. The van der Waals surface area contributed by atoms with Gasteiger partial charge in [0.05, 0.1) is 10.7 Å². The molecule has 0 aliphatic rings. The summed E-state index contributed by atoms with van der Waals surface area (Å²) in [6.45, 7) is 0. The minimum atomic E-state index is -0.512. The average molecular weight is 352 g/mol. The fraction of sp³-hybridized carbons (Fsp3) is 0.133. The molecule has 6 nitrogen and oxygen atoms in total. The number of halogens is 1. The fourth-order valence-corrected chi connectivity index (χ4v) is 2.79. The van der Waals surface area contributed by atoms with Crippen molar-refractivity contribution in [3.63, 3.8) is 0 Å². The van der Waals surface area contributed by atoms with E-state index < -0.39 is 4.92 Å². The summed E-state index contributed by atoms with van der Waals surface area (Å²) in [6.07, 6.45) is 0. The SMILES string of the molecule is O=C(CSCc1cccc(Cl)c1)NNc1ccccc1[N+](=O)[O-]. The lowest BCUT2D eigenvalue weighted by molar-refractivity contribution is -0.384. The largest absolute Gasteiger partial charge is 0.294 e. The molecule has 0 saturated heterocycles. The van der Waals surface area contributed by atoms with Gasteiger partial charge in [0, 0.05) is 16.8 Å². The maximum atomic E-state index is 11.8. The lowest BCUT2D eigenvalue weighted by Crippen LogP contribution is -2.31. The first kappa shape index (κ1) is 17.1. The number of amides is 1. The number of benzene rings is 2. The quantitative estimate of drug-likeness (QED) is 0.588. The molecule has 8 heteroatoms. The van der Waals surface area contributed by atoms with Gasteiger partial charge in [0.2, 0.25) is 5.91 Å². The highest BCUT2D eigenvalue weighted by atomic mass is 35.5. The molecular formula is C15H14ClN3O3S. The first-order valence-corrected chi connectivity index (χ1v) is 8.20. The molecule has 2 aromatic carbocycles. The van der Waals surface area contributed by atoms with Crippen molar-refractivity contribution in [2.75, 3.05) is 11.2 Å². The smallest absolute Gasteiger partial charge is 0.292 e. The molecule has 0 saturated carbocycles. The molecule has 0 unspecified atom stereocenters. The van der Waals surface area contributed by atoms with E-state index in [1.165, 1.54) is 23.9 Å². The molecule has 0 atom stereocenters. The number of anilines is 1. The molecule has 2 aromatic rings. The van der Waals surface area contributed by atoms with Crippen LogP contribution < -0.4 is 10.9 Å². The molecule has 0 aromatic heterocycles. The van der Waals surface area contributed by atoms with Gasteiger partial charge in [-0.25, -0.2) is 0 Å². The van der Waals surface area contributed by atoms with Crippen LogP contribution in [-0.4, -0.2) is 16.6 Å². The second-order valence-electron chi connectivity index (χ2n) is 4.57. The number of para-hydroxylation sites is 2. The van der Waals surface area contributed by atoms with Gasteiger partial charge in [-0.2, -0.15) is 0 Å². The lowest BCUT2D eigenvalue weighted by Gasteiger charge is -2.08. The van der Waals surface area contributed by atoms with Crippen LogP contribution in [0.15, 0.2) is 48.5 Å². The summed E-state index contributed by atoms with van der Waals surface area (Å²) in [4.78, 5) is 22.1. The van der Waals surface area contributed by atoms with Crippen molar-refractivity contribution < 1.29 is 9.72 Å². The molecule has 2 rings (SSSR count). The predicted molar refractivity (Wildman–Crippen MR) is 92.5 cm³/mol. The Kier molecular flexibility index (Phi) is 6.25.